The molecule has 0 heterocycles. The maximum absolute atomic E-state index is 12.3. The fourth-order valence-electron chi connectivity index (χ4n) is 2.10. The van der Waals surface area contributed by atoms with Gasteiger partial charge in [0, 0.05) is 13.7 Å². The van der Waals surface area contributed by atoms with Gasteiger partial charge in [-0.25, -0.2) is 13.1 Å². The average molecular weight is 392 g/mol. The summed E-state index contributed by atoms with van der Waals surface area (Å²) in [6.45, 7) is -2.56. The zero-order valence-corrected chi connectivity index (χ0v) is 14.8. The largest absolute Gasteiger partial charge is 0.433 e. The van der Waals surface area contributed by atoms with Crippen molar-refractivity contribution < 1.29 is 26.7 Å². The zero-order chi connectivity index (χ0) is 18.4. The number of sulfonamides is 1. The van der Waals surface area contributed by atoms with Gasteiger partial charge in [0.1, 0.15) is 5.75 Å². The Balaban J connectivity index is 2.11. The van der Waals surface area contributed by atoms with E-state index in [4.69, 9.17) is 16.3 Å². The van der Waals surface area contributed by atoms with E-state index in [2.05, 4.69) is 9.46 Å². The van der Waals surface area contributed by atoms with Gasteiger partial charge in [-0.05, 0) is 29.3 Å². The van der Waals surface area contributed by atoms with E-state index in [9.17, 15) is 17.2 Å². The molecule has 0 atom stereocenters. The fourth-order valence-corrected chi connectivity index (χ4v) is 3.43. The number of hydrogen-bond acceptors (Lipinski definition) is 4. The number of methoxy groups -OCH3 is 1. The Morgan fingerprint density at radius 3 is 2.52 bits per heavy atom. The van der Waals surface area contributed by atoms with Crippen LogP contribution >= 0.6 is 11.6 Å². The Morgan fingerprint density at radius 1 is 1.16 bits per heavy atom. The number of ether oxygens (including phenoxy) is 2. The Hall–Kier alpha value is -1.74. The van der Waals surface area contributed by atoms with Gasteiger partial charge in [-0.3, -0.25) is 0 Å². The fraction of sp³-hybridized carbons (Fsp3) is 0.250. The van der Waals surface area contributed by atoms with Crippen molar-refractivity contribution in [1.82, 2.24) is 4.72 Å². The molecule has 2 rings (SSSR count). The monoisotopic (exact) mass is 391 g/mol. The van der Waals surface area contributed by atoms with E-state index < -0.39 is 16.6 Å². The lowest BCUT2D eigenvalue weighted by Gasteiger charge is -2.10. The van der Waals surface area contributed by atoms with Crippen molar-refractivity contribution in [2.75, 3.05) is 7.11 Å². The molecule has 9 heteroatoms. The van der Waals surface area contributed by atoms with Crippen molar-refractivity contribution in [3.63, 3.8) is 0 Å². The van der Waals surface area contributed by atoms with Gasteiger partial charge < -0.3 is 9.47 Å². The number of hydrogen-bond donors (Lipinski definition) is 1. The Kier molecular flexibility index (Phi) is 6.71. The SMILES string of the molecule is COCc1cccc(CNS(=O)(=O)c2ccc(OC(F)F)c(Cl)c2)c1. The Morgan fingerprint density at radius 2 is 1.88 bits per heavy atom. The quantitative estimate of drug-likeness (QED) is 0.747. The molecule has 25 heavy (non-hydrogen) atoms. The number of halogens is 3. The van der Waals surface area contributed by atoms with Crippen LogP contribution in [-0.4, -0.2) is 22.1 Å². The normalized spacial score (nSPS) is 11.7. The molecule has 0 aliphatic carbocycles. The Labute approximate surface area is 149 Å². The second-order valence-corrected chi connectivity index (χ2v) is 7.22. The van der Waals surface area contributed by atoms with Gasteiger partial charge in [0.15, 0.2) is 0 Å². The van der Waals surface area contributed by atoms with Gasteiger partial charge in [-0.2, -0.15) is 8.78 Å². The van der Waals surface area contributed by atoms with Crippen LogP contribution in [0, 0.1) is 0 Å². The number of alkyl halides is 2. The van der Waals surface area contributed by atoms with E-state index >= 15 is 0 Å². The zero-order valence-electron chi connectivity index (χ0n) is 13.2. The van der Waals surface area contributed by atoms with Crippen LogP contribution in [0.5, 0.6) is 5.75 Å². The summed E-state index contributed by atoms with van der Waals surface area (Å²) in [5.74, 6) is -0.289. The van der Waals surface area contributed by atoms with Crippen LogP contribution < -0.4 is 9.46 Å². The molecule has 0 radical (unpaired) electrons. The van der Waals surface area contributed by atoms with Crippen LogP contribution in [0.1, 0.15) is 11.1 Å². The molecule has 0 aliphatic heterocycles. The van der Waals surface area contributed by atoms with Crippen LogP contribution in [-0.2, 0) is 27.9 Å². The van der Waals surface area contributed by atoms with Crippen LogP contribution in [0.3, 0.4) is 0 Å². The summed E-state index contributed by atoms with van der Waals surface area (Å²) in [6.07, 6.45) is 0. The van der Waals surface area contributed by atoms with Gasteiger partial charge in [0.2, 0.25) is 10.0 Å². The number of rotatable bonds is 8. The van der Waals surface area contributed by atoms with E-state index in [1.807, 2.05) is 12.1 Å². The highest BCUT2D eigenvalue weighted by Gasteiger charge is 2.17. The second-order valence-electron chi connectivity index (χ2n) is 5.05. The minimum atomic E-state index is -3.86. The molecular formula is C16H16ClF2NO4S. The van der Waals surface area contributed by atoms with Gasteiger partial charge in [0.05, 0.1) is 16.5 Å². The maximum Gasteiger partial charge on any atom is 0.387 e. The molecule has 0 aliphatic rings. The van der Waals surface area contributed by atoms with E-state index in [0.29, 0.717) is 6.61 Å². The predicted octanol–water partition coefficient (Wildman–Crippen LogP) is 3.57. The van der Waals surface area contributed by atoms with Crippen molar-refractivity contribution in [3.8, 4) is 5.75 Å². The number of benzene rings is 2. The summed E-state index contributed by atoms with van der Waals surface area (Å²) in [7, 11) is -2.29. The molecule has 0 unspecified atom stereocenters. The molecule has 0 bridgehead atoms. The Bertz CT molecular complexity index is 831. The third-order valence-electron chi connectivity index (χ3n) is 3.20. The lowest BCUT2D eigenvalue weighted by atomic mass is 10.1. The van der Waals surface area contributed by atoms with Crippen molar-refractivity contribution in [2.24, 2.45) is 0 Å². The third-order valence-corrected chi connectivity index (χ3v) is 4.89. The van der Waals surface area contributed by atoms with Crippen molar-refractivity contribution in [3.05, 3.63) is 58.6 Å². The smallest absolute Gasteiger partial charge is 0.387 e. The van der Waals surface area contributed by atoms with E-state index in [-0.39, 0.29) is 22.2 Å². The summed E-state index contributed by atoms with van der Waals surface area (Å²) >= 11 is 5.79. The molecule has 5 nitrogen and oxygen atoms in total. The van der Waals surface area contributed by atoms with E-state index in [0.717, 1.165) is 29.3 Å². The van der Waals surface area contributed by atoms with Crippen LogP contribution in [0.2, 0.25) is 5.02 Å². The second kappa shape index (κ2) is 8.57. The topological polar surface area (TPSA) is 64.6 Å². The van der Waals surface area contributed by atoms with Crippen LogP contribution in [0.25, 0.3) is 0 Å². The molecular weight excluding hydrogens is 376 g/mol. The maximum atomic E-state index is 12.3. The first-order valence-electron chi connectivity index (χ1n) is 7.12. The predicted molar refractivity (Wildman–Crippen MR) is 89.3 cm³/mol. The minimum Gasteiger partial charge on any atom is -0.433 e. The van der Waals surface area contributed by atoms with E-state index in [1.54, 1.807) is 19.2 Å². The molecule has 1 N–H and O–H groups in total. The molecule has 2 aromatic rings. The lowest BCUT2D eigenvalue weighted by Crippen LogP contribution is -2.23. The summed E-state index contributed by atoms with van der Waals surface area (Å²) in [4.78, 5) is -0.146. The van der Waals surface area contributed by atoms with Gasteiger partial charge in [0.25, 0.3) is 0 Å². The summed E-state index contributed by atoms with van der Waals surface area (Å²) in [5, 5.41) is -0.217. The first-order chi connectivity index (χ1) is 11.8. The molecule has 0 saturated carbocycles. The highest BCUT2D eigenvalue weighted by Crippen LogP contribution is 2.28. The van der Waals surface area contributed by atoms with Crippen molar-refractivity contribution >= 4 is 21.6 Å². The molecule has 136 valence electrons. The first-order valence-corrected chi connectivity index (χ1v) is 8.98. The first kappa shape index (κ1) is 19.6. The minimum absolute atomic E-state index is 0.0623. The average Bonchev–Trinajstić information content (AvgIpc) is 2.55. The number of nitrogens with one attached hydrogen (secondary N) is 1. The van der Waals surface area contributed by atoms with E-state index in [1.165, 1.54) is 0 Å². The molecule has 2 aromatic carbocycles. The van der Waals surface area contributed by atoms with Gasteiger partial charge in [-0.1, -0.05) is 35.9 Å². The highest BCUT2D eigenvalue weighted by molar-refractivity contribution is 7.89. The molecule has 0 spiro atoms. The van der Waals surface area contributed by atoms with Gasteiger partial charge >= 0.3 is 6.61 Å². The highest BCUT2D eigenvalue weighted by atomic mass is 35.5. The standard InChI is InChI=1S/C16H16ClF2NO4S/c1-23-10-12-4-2-3-11(7-12)9-20-25(21,22)13-5-6-15(14(17)8-13)24-16(18)19/h2-8,16,20H,9-10H2,1H3. The molecule has 0 amide bonds. The van der Waals surface area contributed by atoms with Crippen LogP contribution in [0.15, 0.2) is 47.4 Å². The summed E-state index contributed by atoms with van der Waals surface area (Å²) in [5.41, 5.74) is 1.66. The van der Waals surface area contributed by atoms with Crippen LogP contribution in [0.4, 0.5) is 8.78 Å². The van der Waals surface area contributed by atoms with Gasteiger partial charge in [-0.15, -0.1) is 0 Å². The molecule has 0 saturated heterocycles. The van der Waals surface area contributed by atoms with Crippen molar-refractivity contribution in [2.45, 2.75) is 24.7 Å². The lowest BCUT2D eigenvalue weighted by molar-refractivity contribution is -0.0498. The molecule has 0 aromatic heterocycles. The summed E-state index contributed by atoms with van der Waals surface area (Å²) in [6, 6.07) is 10.5. The molecule has 0 fully saturated rings. The third kappa shape index (κ3) is 5.64. The van der Waals surface area contributed by atoms with Crippen molar-refractivity contribution in [1.29, 1.82) is 0 Å². The summed E-state index contributed by atoms with van der Waals surface area (Å²) < 4.78 is 60.7.